The van der Waals surface area contributed by atoms with Gasteiger partial charge in [0.2, 0.25) is 0 Å². The van der Waals surface area contributed by atoms with Crippen LogP contribution in [-0.2, 0) is 0 Å². The fourth-order valence-corrected chi connectivity index (χ4v) is 3.28. The van der Waals surface area contributed by atoms with Gasteiger partial charge in [0.25, 0.3) is 0 Å². The molecule has 16 heavy (non-hydrogen) atoms. The fourth-order valence-electron chi connectivity index (χ4n) is 1.21. The molecule has 1 atom stereocenters. The highest BCUT2D eigenvalue weighted by molar-refractivity contribution is 8.03. The molecule has 1 aromatic carbocycles. The van der Waals surface area contributed by atoms with Gasteiger partial charge in [-0.3, -0.25) is 0 Å². The Kier molecular flexibility index (Phi) is 7.01. The van der Waals surface area contributed by atoms with E-state index < -0.39 is 0 Å². The zero-order chi connectivity index (χ0) is 11.8. The normalized spacial score (nSPS) is 12.7. The number of rotatable bonds is 7. The van der Waals surface area contributed by atoms with Gasteiger partial charge < -0.3 is 5.73 Å². The molecular weight excluding hydrogens is 234 g/mol. The lowest BCUT2D eigenvalue weighted by molar-refractivity contribution is 0.725. The topological polar surface area (TPSA) is 26.0 Å². The maximum atomic E-state index is 5.86. The van der Waals surface area contributed by atoms with E-state index in [9.17, 15) is 0 Å². The van der Waals surface area contributed by atoms with Gasteiger partial charge in [0.15, 0.2) is 0 Å². The molecule has 1 rings (SSSR count). The Morgan fingerprint density at radius 3 is 2.50 bits per heavy atom. The average molecular weight is 255 g/mol. The summed E-state index contributed by atoms with van der Waals surface area (Å²) in [4.78, 5) is 1.37. The van der Waals surface area contributed by atoms with Crippen molar-refractivity contribution in [3.8, 4) is 0 Å². The van der Waals surface area contributed by atoms with Crippen LogP contribution in [0.2, 0.25) is 0 Å². The summed E-state index contributed by atoms with van der Waals surface area (Å²) in [5.74, 6) is 3.45. The molecule has 0 saturated heterocycles. The number of benzene rings is 1. The first-order chi connectivity index (χ1) is 7.72. The van der Waals surface area contributed by atoms with Crippen molar-refractivity contribution in [3.63, 3.8) is 0 Å². The van der Waals surface area contributed by atoms with Gasteiger partial charge in [0, 0.05) is 28.2 Å². The Morgan fingerprint density at radius 2 is 1.88 bits per heavy atom. The van der Waals surface area contributed by atoms with E-state index in [4.69, 9.17) is 5.73 Å². The van der Waals surface area contributed by atoms with Gasteiger partial charge >= 0.3 is 0 Å². The molecule has 0 heterocycles. The lowest BCUT2D eigenvalue weighted by Crippen LogP contribution is -2.21. The SMILES string of the molecule is CCC(N)CSCCSc1ccc(C)cc1. The van der Waals surface area contributed by atoms with Crippen LogP contribution in [0.1, 0.15) is 18.9 Å². The molecule has 2 N–H and O–H groups in total. The molecule has 1 aromatic rings. The van der Waals surface area contributed by atoms with Gasteiger partial charge in [0.05, 0.1) is 0 Å². The molecular formula is C13H21NS2. The molecule has 0 bridgehead atoms. The summed E-state index contributed by atoms with van der Waals surface area (Å²) in [6.07, 6.45) is 1.08. The number of thioether (sulfide) groups is 2. The Morgan fingerprint density at radius 1 is 1.19 bits per heavy atom. The maximum absolute atomic E-state index is 5.86. The minimum Gasteiger partial charge on any atom is -0.327 e. The van der Waals surface area contributed by atoms with Gasteiger partial charge in [-0.2, -0.15) is 11.8 Å². The largest absolute Gasteiger partial charge is 0.327 e. The third kappa shape index (κ3) is 5.83. The van der Waals surface area contributed by atoms with Crippen LogP contribution >= 0.6 is 23.5 Å². The van der Waals surface area contributed by atoms with Crippen LogP contribution in [0.5, 0.6) is 0 Å². The standard InChI is InChI=1S/C13H21NS2/c1-3-12(14)10-15-8-9-16-13-6-4-11(2)5-7-13/h4-7,12H,3,8-10,14H2,1-2H3. The van der Waals surface area contributed by atoms with Crippen molar-refractivity contribution >= 4 is 23.5 Å². The summed E-state index contributed by atoms with van der Waals surface area (Å²) in [5, 5.41) is 0. The minimum absolute atomic E-state index is 0.370. The van der Waals surface area contributed by atoms with E-state index in [0.29, 0.717) is 6.04 Å². The summed E-state index contributed by atoms with van der Waals surface area (Å²) in [6.45, 7) is 4.27. The number of hydrogen-bond donors (Lipinski definition) is 1. The Balaban J connectivity index is 2.09. The summed E-state index contributed by atoms with van der Waals surface area (Å²) < 4.78 is 0. The number of aryl methyl sites for hydroxylation is 1. The van der Waals surface area contributed by atoms with E-state index in [0.717, 1.165) is 12.2 Å². The Bertz CT molecular complexity index is 284. The molecule has 0 aromatic heterocycles. The maximum Gasteiger partial charge on any atom is 0.0127 e. The Labute approximate surface area is 108 Å². The van der Waals surface area contributed by atoms with Crippen LogP contribution in [0, 0.1) is 6.92 Å². The van der Waals surface area contributed by atoms with Crippen LogP contribution in [0.25, 0.3) is 0 Å². The smallest absolute Gasteiger partial charge is 0.0127 e. The monoisotopic (exact) mass is 255 g/mol. The van der Waals surface area contributed by atoms with Crippen LogP contribution < -0.4 is 5.73 Å². The molecule has 0 radical (unpaired) electrons. The summed E-state index contributed by atoms with van der Waals surface area (Å²) in [6, 6.07) is 9.10. The van der Waals surface area contributed by atoms with Crippen LogP contribution in [0.4, 0.5) is 0 Å². The first kappa shape index (κ1) is 13.9. The lowest BCUT2D eigenvalue weighted by Gasteiger charge is -2.07. The predicted molar refractivity (Wildman–Crippen MR) is 77.5 cm³/mol. The molecule has 90 valence electrons. The van der Waals surface area contributed by atoms with E-state index in [2.05, 4.69) is 38.1 Å². The van der Waals surface area contributed by atoms with Gasteiger partial charge in [0.1, 0.15) is 0 Å². The van der Waals surface area contributed by atoms with Crippen molar-refractivity contribution in [2.24, 2.45) is 5.73 Å². The second-order valence-corrected chi connectivity index (χ2v) is 6.22. The first-order valence-corrected chi connectivity index (χ1v) is 7.89. The van der Waals surface area contributed by atoms with Crippen molar-refractivity contribution in [2.75, 3.05) is 17.3 Å². The van der Waals surface area contributed by atoms with Crippen molar-refractivity contribution in [1.82, 2.24) is 0 Å². The van der Waals surface area contributed by atoms with Gasteiger partial charge in [-0.05, 0) is 25.5 Å². The highest BCUT2D eigenvalue weighted by atomic mass is 32.2. The molecule has 0 aliphatic rings. The highest BCUT2D eigenvalue weighted by Crippen LogP contribution is 2.19. The third-order valence-electron chi connectivity index (χ3n) is 2.37. The number of nitrogens with two attached hydrogens (primary N) is 1. The van der Waals surface area contributed by atoms with Gasteiger partial charge in [-0.15, -0.1) is 11.8 Å². The predicted octanol–water partition coefficient (Wildman–Crippen LogP) is 3.56. The Hall–Kier alpha value is -0.120. The first-order valence-electron chi connectivity index (χ1n) is 5.75. The van der Waals surface area contributed by atoms with E-state index >= 15 is 0 Å². The van der Waals surface area contributed by atoms with E-state index in [1.54, 1.807) is 0 Å². The quantitative estimate of drug-likeness (QED) is 0.596. The molecule has 3 heteroatoms. The van der Waals surface area contributed by atoms with E-state index in [1.165, 1.54) is 22.0 Å². The zero-order valence-electron chi connectivity index (χ0n) is 10.1. The fraction of sp³-hybridized carbons (Fsp3) is 0.538. The van der Waals surface area contributed by atoms with Gasteiger partial charge in [-0.1, -0.05) is 24.6 Å². The summed E-state index contributed by atoms with van der Waals surface area (Å²) in [5.41, 5.74) is 7.18. The molecule has 0 amide bonds. The van der Waals surface area contributed by atoms with Crippen molar-refractivity contribution < 1.29 is 0 Å². The lowest BCUT2D eigenvalue weighted by atomic mass is 10.2. The van der Waals surface area contributed by atoms with Crippen molar-refractivity contribution in [2.45, 2.75) is 31.2 Å². The molecule has 0 aliphatic carbocycles. The highest BCUT2D eigenvalue weighted by Gasteiger charge is 1.99. The molecule has 0 spiro atoms. The minimum atomic E-state index is 0.370. The third-order valence-corrected chi connectivity index (χ3v) is 4.80. The molecule has 1 nitrogen and oxygen atoms in total. The molecule has 0 fully saturated rings. The van der Waals surface area contributed by atoms with Crippen molar-refractivity contribution in [1.29, 1.82) is 0 Å². The average Bonchev–Trinajstić information content (AvgIpc) is 2.31. The van der Waals surface area contributed by atoms with Crippen LogP contribution in [0.3, 0.4) is 0 Å². The zero-order valence-corrected chi connectivity index (χ0v) is 11.7. The summed E-state index contributed by atoms with van der Waals surface area (Å²) in [7, 11) is 0. The molecule has 1 unspecified atom stereocenters. The second kappa shape index (κ2) is 8.04. The van der Waals surface area contributed by atoms with Gasteiger partial charge in [-0.25, -0.2) is 0 Å². The van der Waals surface area contributed by atoms with Crippen LogP contribution in [0.15, 0.2) is 29.2 Å². The van der Waals surface area contributed by atoms with E-state index in [-0.39, 0.29) is 0 Å². The molecule has 0 aliphatic heterocycles. The van der Waals surface area contributed by atoms with E-state index in [1.807, 2.05) is 23.5 Å². The van der Waals surface area contributed by atoms with Crippen molar-refractivity contribution in [3.05, 3.63) is 29.8 Å². The second-order valence-electron chi connectivity index (χ2n) is 3.90. The number of hydrogen-bond acceptors (Lipinski definition) is 3. The summed E-state index contributed by atoms with van der Waals surface area (Å²) >= 11 is 3.89. The van der Waals surface area contributed by atoms with Crippen LogP contribution in [-0.4, -0.2) is 23.3 Å². The molecule has 0 saturated carbocycles.